The van der Waals surface area contributed by atoms with Gasteiger partial charge in [-0.05, 0) is 18.3 Å². The first-order chi connectivity index (χ1) is 6.22. The fourth-order valence-electron chi connectivity index (χ4n) is 2.52. The van der Waals surface area contributed by atoms with Crippen molar-refractivity contribution in [2.75, 3.05) is 6.61 Å². The minimum atomic E-state index is -0.220. The molecule has 3 heteroatoms. The Morgan fingerprint density at radius 1 is 1.62 bits per heavy atom. The van der Waals surface area contributed by atoms with Crippen molar-refractivity contribution in [2.24, 2.45) is 17.8 Å². The fraction of sp³-hybridized carbons (Fsp3) is 0.700. The van der Waals surface area contributed by atoms with E-state index in [0.29, 0.717) is 5.92 Å². The molecule has 2 aliphatic carbocycles. The number of allylic oxidation sites excluding steroid dienone is 1. The number of fused-ring (bicyclic) bond motifs is 2. The van der Waals surface area contributed by atoms with E-state index in [0.717, 1.165) is 6.42 Å². The molecular formula is C10H14O3. The molecule has 0 amide bonds. The maximum absolute atomic E-state index is 10.8. The van der Waals surface area contributed by atoms with Crippen LogP contribution in [0.4, 0.5) is 0 Å². The lowest BCUT2D eigenvalue weighted by atomic mass is 9.97. The second kappa shape index (κ2) is 3.14. The largest absolute Gasteiger partial charge is 0.462 e. The van der Waals surface area contributed by atoms with E-state index in [4.69, 9.17) is 9.84 Å². The summed E-state index contributed by atoms with van der Waals surface area (Å²) < 4.78 is 5.18. The van der Waals surface area contributed by atoms with Gasteiger partial charge >= 0.3 is 5.97 Å². The number of aliphatic hydroxyl groups excluding tert-OH is 1. The average Bonchev–Trinajstić information content (AvgIpc) is 2.58. The monoisotopic (exact) mass is 182 g/mol. The Hall–Kier alpha value is -0.830. The Bertz CT molecular complexity index is 247. The van der Waals surface area contributed by atoms with E-state index in [9.17, 15) is 4.79 Å². The van der Waals surface area contributed by atoms with E-state index in [2.05, 4.69) is 12.2 Å². The van der Waals surface area contributed by atoms with Gasteiger partial charge < -0.3 is 9.84 Å². The highest BCUT2D eigenvalue weighted by Crippen LogP contribution is 2.45. The number of aliphatic hydroxyl groups is 1. The summed E-state index contributed by atoms with van der Waals surface area (Å²) in [5, 5.41) is 9.12. The van der Waals surface area contributed by atoms with Crippen molar-refractivity contribution < 1.29 is 14.6 Å². The van der Waals surface area contributed by atoms with E-state index < -0.39 is 0 Å². The summed E-state index contributed by atoms with van der Waals surface area (Å²) in [6, 6.07) is 0. The van der Waals surface area contributed by atoms with Crippen molar-refractivity contribution in [1.82, 2.24) is 0 Å². The van der Waals surface area contributed by atoms with Gasteiger partial charge in [0.15, 0.2) is 0 Å². The zero-order chi connectivity index (χ0) is 9.42. The number of carbonyl (C=O) groups is 1. The van der Waals surface area contributed by atoms with Gasteiger partial charge in [0, 0.05) is 19.4 Å². The predicted molar refractivity (Wildman–Crippen MR) is 46.9 cm³/mol. The highest BCUT2D eigenvalue weighted by Gasteiger charge is 2.45. The number of carbonyl (C=O) groups excluding carboxylic acids is 1. The minimum absolute atomic E-state index is 0.00431. The van der Waals surface area contributed by atoms with E-state index in [1.807, 2.05) is 0 Å². The summed E-state index contributed by atoms with van der Waals surface area (Å²) in [5.41, 5.74) is 0. The highest BCUT2D eigenvalue weighted by atomic mass is 16.5. The molecule has 0 saturated heterocycles. The summed E-state index contributed by atoms with van der Waals surface area (Å²) in [7, 11) is 0. The molecule has 0 aromatic heterocycles. The van der Waals surface area contributed by atoms with Crippen LogP contribution in [0.1, 0.15) is 13.3 Å². The Balaban J connectivity index is 2.04. The van der Waals surface area contributed by atoms with E-state index >= 15 is 0 Å². The van der Waals surface area contributed by atoms with Gasteiger partial charge in [0.05, 0.1) is 0 Å². The molecule has 0 aliphatic heterocycles. The van der Waals surface area contributed by atoms with Crippen LogP contribution in [0.2, 0.25) is 0 Å². The third-order valence-corrected chi connectivity index (χ3v) is 3.09. The molecule has 72 valence electrons. The van der Waals surface area contributed by atoms with E-state index in [-0.39, 0.29) is 30.5 Å². The molecule has 2 bridgehead atoms. The Morgan fingerprint density at radius 2 is 2.38 bits per heavy atom. The van der Waals surface area contributed by atoms with Gasteiger partial charge in [0.2, 0.25) is 0 Å². The lowest BCUT2D eigenvalue weighted by Crippen LogP contribution is -2.23. The quantitative estimate of drug-likeness (QED) is 0.506. The molecule has 1 saturated carbocycles. The molecule has 13 heavy (non-hydrogen) atoms. The SMILES string of the molecule is CC(=O)O[C@H]1C[C@H]2C=C[C@@H]1[C@@H]2CO. The lowest BCUT2D eigenvalue weighted by Gasteiger charge is -2.18. The minimum Gasteiger partial charge on any atom is -0.462 e. The number of esters is 1. The van der Waals surface area contributed by atoms with Crippen molar-refractivity contribution in [3.8, 4) is 0 Å². The molecule has 0 spiro atoms. The molecule has 0 aromatic carbocycles. The number of hydrogen-bond acceptors (Lipinski definition) is 3. The molecule has 2 aliphatic rings. The van der Waals surface area contributed by atoms with Crippen LogP contribution in [0.15, 0.2) is 12.2 Å². The molecule has 1 fully saturated rings. The van der Waals surface area contributed by atoms with Crippen LogP contribution >= 0.6 is 0 Å². The lowest BCUT2D eigenvalue weighted by molar-refractivity contribution is -0.147. The Morgan fingerprint density at radius 3 is 2.92 bits per heavy atom. The maximum atomic E-state index is 10.8. The molecule has 0 heterocycles. The normalized spacial score (nSPS) is 41.1. The van der Waals surface area contributed by atoms with Gasteiger partial charge in [-0.2, -0.15) is 0 Å². The summed E-state index contributed by atoms with van der Waals surface area (Å²) in [6.45, 7) is 1.63. The topological polar surface area (TPSA) is 46.5 Å². The Kier molecular flexibility index (Phi) is 2.12. The molecule has 0 radical (unpaired) electrons. The van der Waals surface area contributed by atoms with Gasteiger partial charge in [-0.3, -0.25) is 4.79 Å². The van der Waals surface area contributed by atoms with Crippen LogP contribution in [-0.4, -0.2) is 23.8 Å². The van der Waals surface area contributed by atoms with Gasteiger partial charge in [0.1, 0.15) is 6.10 Å². The summed E-state index contributed by atoms with van der Waals surface area (Å²) in [4.78, 5) is 10.8. The molecule has 0 unspecified atom stereocenters. The number of ether oxygens (including phenoxy) is 1. The first-order valence-corrected chi connectivity index (χ1v) is 4.68. The molecule has 1 N–H and O–H groups in total. The number of hydrogen-bond donors (Lipinski definition) is 1. The van der Waals surface area contributed by atoms with E-state index in [1.54, 1.807) is 0 Å². The van der Waals surface area contributed by atoms with E-state index in [1.165, 1.54) is 6.92 Å². The van der Waals surface area contributed by atoms with Crippen LogP contribution in [-0.2, 0) is 9.53 Å². The molecule has 4 atom stereocenters. The zero-order valence-corrected chi connectivity index (χ0v) is 7.64. The third kappa shape index (κ3) is 1.37. The summed E-state index contributed by atoms with van der Waals surface area (Å²) in [6.07, 6.45) is 5.09. The molecule has 0 aromatic rings. The smallest absolute Gasteiger partial charge is 0.302 e. The highest BCUT2D eigenvalue weighted by molar-refractivity contribution is 5.66. The van der Waals surface area contributed by atoms with Crippen molar-refractivity contribution >= 4 is 5.97 Å². The predicted octanol–water partition coefficient (Wildman–Crippen LogP) is 0.732. The van der Waals surface area contributed by atoms with Crippen molar-refractivity contribution in [1.29, 1.82) is 0 Å². The fourth-order valence-corrected chi connectivity index (χ4v) is 2.52. The second-order valence-corrected chi connectivity index (χ2v) is 3.86. The van der Waals surface area contributed by atoms with Crippen molar-refractivity contribution in [2.45, 2.75) is 19.4 Å². The van der Waals surface area contributed by atoms with Gasteiger partial charge in [-0.1, -0.05) is 12.2 Å². The van der Waals surface area contributed by atoms with Crippen LogP contribution < -0.4 is 0 Å². The first-order valence-electron chi connectivity index (χ1n) is 4.68. The van der Waals surface area contributed by atoms with Crippen molar-refractivity contribution in [3.63, 3.8) is 0 Å². The van der Waals surface area contributed by atoms with Crippen LogP contribution in [0, 0.1) is 17.8 Å². The summed E-state index contributed by atoms with van der Waals surface area (Å²) in [5.74, 6) is 0.727. The zero-order valence-electron chi connectivity index (χ0n) is 7.64. The second-order valence-electron chi connectivity index (χ2n) is 3.86. The Labute approximate surface area is 77.4 Å². The van der Waals surface area contributed by atoms with Crippen molar-refractivity contribution in [3.05, 3.63) is 12.2 Å². The third-order valence-electron chi connectivity index (χ3n) is 3.09. The van der Waals surface area contributed by atoms with Crippen LogP contribution in [0.5, 0.6) is 0 Å². The molecule has 2 rings (SSSR count). The standard InChI is InChI=1S/C10H14O3/c1-6(12)13-10-4-7-2-3-8(10)9(7)5-11/h2-3,7-11H,4-5H2,1H3/t7-,8-,9-,10+/m1/s1. The van der Waals surface area contributed by atoms with Crippen LogP contribution in [0.25, 0.3) is 0 Å². The first kappa shape index (κ1) is 8.75. The summed E-state index contributed by atoms with van der Waals surface area (Å²) >= 11 is 0. The molecular weight excluding hydrogens is 168 g/mol. The molecule has 3 nitrogen and oxygen atoms in total. The maximum Gasteiger partial charge on any atom is 0.302 e. The average molecular weight is 182 g/mol. The number of rotatable bonds is 2. The van der Waals surface area contributed by atoms with Gasteiger partial charge in [-0.15, -0.1) is 0 Å². The van der Waals surface area contributed by atoms with Gasteiger partial charge in [-0.25, -0.2) is 0 Å². The van der Waals surface area contributed by atoms with Crippen LogP contribution in [0.3, 0.4) is 0 Å². The van der Waals surface area contributed by atoms with Gasteiger partial charge in [0.25, 0.3) is 0 Å².